The zero-order valence-corrected chi connectivity index (χ0v) is 9.90. The van der Waals surface area contributed by atoms with E-state index in [9.17, 15) is 0 Å². The van der Waals surface area contributed by atoms with Crippen LogP contribution in [0, 0.1) is 10.8 Å². The molecule has 3 rings (SSSR count). The van der Waals surface area contributed by atoms with Crippen LogP contribution in [0.25, 0.3) is 0 Å². The molecule has 1 atom stereocenters. The highest BCUT2D eigenvalue weighted by molar-refractivity contribution is 5.17. The summed E-state index contributed by atoms with van der Waals surface area (Å²) in [5.74, 6) is 0. The van der Waals surface area contributed by atoms with Crippen LogP contribution < -0.4 is 0 Å². The predicted molar refractivity (Wildman–Crippen MR) is 59.3 cm³/mol. The first-order chi connectivity index (χ1) is 6.48. The minimum Gasteiger partial charge on any atom is -0.297 e. The molecule has 0 aromatic rings. The van der Waals surface area contributed by atoms with E-state index in [0.29, 0.717) is 11.0 Å². The van der Waals surface area contributed by atoms with Gasteiger partial charge in [-0.2, -0.15) is 0 Å². The number of hydrogen-bond donors (Lipinski definition) is 0. The molecule has 3 fully saturated rings. The van der Waals surface area contributed by atoms with Crippen molar-refractivity contribution < 1.29 is 0 Å². The molecule has 1 nitrogen and oxygen atoms in total. The molecule has 2 saturated heterocycles. The molecule has 0 amide bonds. The number of hydrogen-bond acceptors (Lipinski definition) is 1. The quantitative estimate of drug-likeness (QED) is 0.571. The van der Waals surface area contributed by atoms with Crippen LogP contribution in [0.3, 0.4) is 0 Å². The van der Waals surface area contributed by atoms with Crippen LogP contribution in [0.15, 0.2) is 0 Å². The third-order valence-corrected chi connectivity index (χ3v) is 5.17. The van der Waals surface area contributed by atoms with Crippen LogP contribution in [0.1, 0.15) is 52.9 Å². The van der Waals surface area contributed by atoms with E-state index in [1.165, 1.54) is 45.2 Å². The van der Waals surface area contributed by atoms with Gasteiger partial charge in [0, 0.05) is 12.1 Å². The molecule has 1 unspecified atom stereocenters. The lowest BCUT2D eigenvalue weighted by atomic mass is 9.69. The highest BCUT2D eigenvalue weighted by atomic mass is 15.3. The molecule has 1 heteroatoms. The highest BCUT2D eigenvalue weighted by Crippen LogP contribution is 2.64. The molecule has 0 aromatic heterocycles. The third-order valence-electron chi connectivity index (χ3n) is 5.17. The van der Waals surface area contributed by atoms with Gasteiger partial charge >= 0.3 is 0 Å². The lowest BCUT2D eigenvalue weighted by Gasteiger charge is -2.44. The second-order valence-corrected chi connectivity index (χ2v) is 6.98. The first kappa shape index (κ1) is 9.21. The van der Waals surface area contributed by atoms with Crippen molar-refractivity contribution in [1.82, 2.24) is 4.90 Å². The van der Waals surface area contributed by atoms with E-state index >= 15 is 0 Å². The second kappa shape index (κ2) is 2.37. The Morgan fingerprint density at radius 2 is 1.79 bits per heavy atom. The van der Waals surface area contributed by atoms with Crippen molar-refractivity contribution in [3.8, 4) is 0 Å². The molecule has 0 aromatic carbocycles. The SMILES string of the molecule is CC(C)(C)C12CCCN1CC1(CC1)C2. The molecule has 3 aliphatic rings. The maximum Gasteiger partial charge on any atom is 0.0264 e. The van der Waals surface area contributed by atoms with E-state index in [1.54, 1.807) is 0 Å². The third kappa shape index (κ3) is 0.997. The number of fused-ring (bicyclic) bond motifs is 1. The van der Waals surface area contributed by atoms with Crippen LogP contribution in [-0.4, -0.2) is 23.5 Å². The van der Waals surface area contributed by atoms with E-state index in [0.717, 1.165) is 5.41 Å². The molecule has 80 valence electrons. The summed E-state index contributed by atoms with van der Waals surface area (Å²) in [6, 6.07) is 0. The Balaban J connectivity index is 1.95. The van der Waals surface area contributed by atoms with E-state index in [2.05, 4.69) is 25.7 Å². The van der Waals surface area contributed by atoms with Crippen molar-refractivity contribution in [3.05, 3.63) is 0 Å². The summed E-state index contributed by atoms with van der Waals surface area (Å²) in [5.41, 5.74) is 1.84. The fourth-order valence-electron chi connectivity index (χ4n) is 4.07. The van der Waals surface area contributed by atoms with E-state index in [1.807, 2.05) is 0 Å². The van der Waals surface area contributed by atoms with E-state index < -0.39 is 0 Å². The number of nitrogens with zero attached hydrogens (tertiary/aromatic N) is 1. The van der Waals surface area contributed by atoms with Crippen LogP contribution in [0.4, 0.5) is 0 Å². The monoisotopic (exact) mass is 193 g/mol. The van der Waals surface area contributed by atoms with Crippen molar-refractivity contribution >= 4 is 0 Å². The van der Waals surface area contributed by atoms with Crippen molar-refractivity contribution in [3.63, 3.8) is 0 Å². The standard InChI is InChI=1S/C13H23N/c1-11(2,3)13-5-4-8-14(13)10-12(9-13)6-7-12/h4-10H2,1-3H3. The summed E-state index contributed by atoms with van der Waals surface area (Å²) in [4.78, 5) is 2.83. The number of rotatable bonds is 0. The van der Waals surface area contributed by atoms with Crippen molar-refractivity contribution in [2.75, 3.05) is 13.1 Å². The molecule has 1 saturated carbocycles. The Kier molecular flexibility index (Phi) is 1.56. The molecule has 2 heterocycles. The molecule has 0 radical (unpaired) electrons. The Hall–Kier alpha value is -0.0400. The van der Waals surface area contributed by atoms with Crippen molar-refractivity contribution in [2.45, 2.75) is 58.4 Å². The first-order valence-corrected chi connectivity index (χ1v) is 6.23. The van der Waals surface area contributed by atoms with Gasteiger partial charge in [0.2, 0.25) is 0 Å². The van der Waals surface area contributed by atoms with Gasteiger partial charge in [-0.15, -0.1) is 0 Å². The summed E-state index contributed by atoms with van der Waals surface area (Å²) in [5, 5.41) is 0. The minimum absolute atomic E-state index is 0.482. The van der Waals surface area contributed by atoms with Crippen LogP contribution in [0.2, 0.25) is 0 Å². The van der Waals surface area contributed by atoms with Crippen molar-refractivity contribution in [1.29, 1.82) is 0 Å². The van der Waals surface area contributed by atoms with Gasteiger partial charge in [0.05, 0.1) is 0 Å². The summed E-state index contributed by atoms with van der Waals surface area (Å²) in [6.45, 7) is 10.1. The summed E-state index contributed by atoms with van der Waals surface area (Å²) in [6.07, 6.45) is 7.43. The fourth-order valence-corrected chi connectivity index (χ4v) is 4.07. The Morgan fingerprint density at radius 1 is 1.07 bits per heavy atom. The van der Waals surface area contributed by atoms with Gasteiger partial charge in [0.15, 0.2) is 0 Å². The normalized spacial score (nSPS) is 40.5. The molecule has 0 N–H and O–H groups in total. The molecule has 1 aliphatic carbocycles. The fraction of sp³-hybridized carbons (Fsp3) is 1.00. The molecule has 0 bridgehead atoms. The topological polar surface area (TPSA) is 3.24 Å². The maximum absolute atomic E-state index is 2.83. The molecular weight excluding hydrogens is 170 g/mol. The predicted octanol–water partition coefficient (Wildman–Crippen LogP) is 3.05. The minimum atomic E-state index is 0.482. The first-order valence-electron chi connectivity index (χ1n) is 6.23. The van der Waals surface area contributed by atoms with E-state index in [4.69, 9.17) is 0 Å². The van der Waals surface area contributed by atoms with Gasteiger partial charge in [-0.1, -0.05) is 20.8 Å². The van der Waals surface area contributed by atoms with Gasteiger partial charge in [-0.25, -0.2) is 0 Å². The Labute approximate surface area is 87.9 Å². The highest BCUT2D eigenvalue weighted by Gasteiger charge is 2.63. The lowest BCUT2D eigenvalue weighted by molar-refractivity contribution is 0.0638. The van der Waals surface area contributed by atoms with Gasteiger partial charge < -0.3 is 0 Å². The summed E-state index contributed by atoms with van der Waals surface area (Å²) in [7, 11) is 0. The lowest BCUT2D eigenvalue weighted by Crippen LogP contribution is -2.48. The Bertz CT molecular complexity index is 259. The molecule has 2 aliphatic heterocycles. The van der Waals surface area contributed by atoms with Crippen LogP contribution >= 0.6 is 0 Å². The zero-order valence-electron chi connectivity index (χ0n) is 9.90. The van der Waals surface area contributed by atoms with Gasteiger partial charge in [-0.3, -0.25) is 4.90 Å². The van der Waals surface area contributed by atoms with Crippen molar-refractivity contribution in [2.24, 2.45) is 10.8 Å². The van der Waals surface area contributed by atoms with Gasteiger partial charge in [0.25, 0.3) is 0 Å². The van der Waals surface area contributed by atoms with E-state index in [-0.39, 0.29) is 0 Å². The van der Waals surface area contributed by atoms with Gasteiger partial charge in [-0.05, 0) is 49.5 Å². The Morgan fingerprint density at radius 3 is 2.29 bits per heavy atom. The largest absolute Gasteiger partial charge is 0.297 e. The zero-order chi connectivity index (χ0) is 10.0. The average molecular weight is 193 g/mol. The van der Waals surface area contributed by atoms with Crippen LogP contribution in [-0.2, 0) is 0 Å². The summed E-state index contributed by atoms with van der Waals surface area (Å²) >= 11 is 0. The second-order valence-electron chi connectivity index (χ2n) is 6.98. The molecule has 14 heavy (non-hydrogen) atoms. The smallest absolute Gasteiger partial charge is 0.0264 e. The summed E-state index contributed by atoms with van der Waals surface area (Å²) < 4.78 is 0. The molecular formula is C13H23N. The maximum atomic E-state index is 2.83. The van der Waals surface area contributed by atoms with Gasteiger partial charge in [0.1, 0.15) is 0 Å². The van der Waals surface area contributed by atoms with Crippen LogP contribution in [0.5, 0.6) is 0 Å². The average Bonchev–Trinajstić information content (AvgIpc) is 2.47. The molecule has 1 spiro atoms.